The highest BCUT2D eigenvalue weighted by Crippen LogP contribution is 2.18. The number of nitrogens with one attached hydrogen (secondary N) is 2. The smallest absolute Gasteiger partial charge is 0.309 e. The summed E-state index contributed by atoms with van der Waals surface area (Å²) >= 11 is 0. The molecule has 0 spiro atoms. The number of guanidine groups is 1. The number of carbonyl (C=O) groups excluding carboxylic acids is 1. The molecule has 0 amide bonds. The molecule has 0 aromatic carbocycles. The van der Waals surface area contributed by atoms with Crippen molar-refractivity contribution in [1.29, 1.82) is 0 Å². The van der Waals surface area contributed by atoms with Crippen molar-refractivity contribution in [3.8, 4) is 0 Å². The van der Waals surface area contributed by atoms with Crippen LogP contribution in [0.5, 0.6) is 0 Å². The summed E-state index contributed by atoms with van der Waals surface area (Å²) in [4.78, 5) is 18.5. The van der Waals surface area contributed by atoms with Crippen LogP contribution in [0.3, 0.4) is 0 Å². The van der Waals surface area contributed by atoms with Crippen LogP contribution in [0.25, 0.3) is 0 Å². The van der Waals surface area contributed by atoms with Gasteiger partial charge in [-0.05, 0) is 33.1 Å². The Hall–Kier alpha value is -0.620. The van der Waals surface area contributed by atoms with E-state index in [0.29, 0.717) is 26.1 Å². The Morgan fingerprint density at radius 1 is 1.28 bits per heavy atom. The Morgan fingerprint density at radius 2 is 1.92 bits per heavy atom. The summed E-state index contributed by atoms with van der Waals surface area (Å²) in [5, 5.41) is 3.25. The molecule has 0 atom stereocenters. The lowest BCUT2D eigenvalue weighted by atomic mass is 9.97. The monoisotopic (exact) mass is 490 g/mol. The van der Waals surface area contributed by atoms with Gasteiger partial charge in [-0.2, -0.15) is 0 Å². The number of halogens is 1. The van der Waals surface area contributed by atoms with Crippen LogP contribution in [-0.4, -0.2) is 70.8 Å². The van der Waals surface area contributed by atoms with Crippen molar-refractivity contribution in [2.24, 2.45) is 10.9 Å². The standard InChI is InChI=1S/C15H30N4O4S.HI/c1-4-16-15(17-9-6-10-18-24(3,21)22)19-11-7-13(8-12-19)14(20)23-5-2;/h13,18H,4-12H2,1-3H3,(H,16,17);1H. The van der Waals surface area contributed by atoms with Crippen LogP contribution in [0, 0.1) is 5.92 Å². The predicted octanol–water partition coefficient (Wildman–Crippen LogP) is 0.784. The summed E-state index contributed by atoms with van der Waals surface area (Å²) in [6.07, 6.45) is 3.31. The molecule has 0 saturated carbocycles. The first-order valence-corrected chi connectivity index (χ1v) is 10.4. The maximum atomic E-state index is 11.8. The van der Waals surface area contributed by atoms with Gasteiger partial charge >= 0.3 is 5.97 Å². The van der Waals surface area contributed by atoms with E-state index in [2.05, 4.69) is 19.9 Å². The zero-order valence-corrected chi connectivity index (χ0v) is 18.4. The van der Waals surface area contributed by atoms with Gasteiger partial charge in [0.05, 0.1) is 18.8 Å². The molecule has 10 heteroatoms. The molecule has 1 rings (SSSR count). The highest BCUT2D eigenvalue weighted by atomic mass is 127. The molecular formula is C15H31IN4O4S. The van der Waals surface area contributed by atoms with Gasteiger partial charge in [-0.1, -0.05) is 0 Å². The van der Waals surface area contributed by atoms with Crippen LogP contribution in [0.2, 0.25) is 0 Å². The SMILES string of the molecule is CCNC(=NCCCNS(C)(=O)=O)N1CCC(C(=O)OCC)CC1.I. The molecule has 1 aliphatic heterocycles. The zero-order valence-electron chi connectivity index (χ0n) is 15.3. The Balaban J connectivity index is 0.00000576. The molecular weight excluding hydrogens is 459 g/mol. The highest BCUT2D eigenvalue weighted by molar-refractivity contribution is 14.0. The van der Waals surface area contributed by atoms with E-state index in [4.69, 9.17) is 4.74 Å². The molecule has 0 radical (unpaired) electrons. The zero-order chi connectivity index (χ0) is 18.0. The van der Waals surface area contributed by atoms with Crippen LogP contribution in [0.1, 0.15) is 33.1 Å². The third-order valence-corrected chi connectivity index (χ3v) is 4.44. The Labute approximate surface area is 168 Å². The van der Waals surface area contributed by atoms with Gasteiger partial charge in [-0.15, -0.1) is 24.0 Å². The minimum Gasteiger partial charge on any atom is -0.466 e. The lowest BCUT2D eigenvalue weighted by Gasteiger charge is -2.33. The lowest BCUT2D eigenvalue weighted by molar-refractivity contribution is -0.149. The highest BCUT2D eigenvalue weighted by Gasteiger charge is 2.27. The molecule has 0 aromatic rings. The summed E-state index contributed by atoms with van der Waals surface area (Å²) in [6.45, 7) is 7.46. The number of sulfonamides is 1. The van der Waals surface area contributed by atoms with Crippen molar-refractivity contribution in [2.75, 3.05) is 45.6 Å². The topological polar surface area (TPSA) is 100 Å². The second-order valence-corrected chi connectivity index (χ2v) is 7.60. The molecule has 0 aromatic heterocycles. The van der Waals surface area contributed by atoms with Crippen molar-refractivity contribution in [2.45, 2.75) is 33.1 Å². The number of rotatable bonds is 8. The van der Waals surface area contributed by atoms with Crippen molar-refractivity contribution in [3.05, 3.63) is 0 Å². The quantitative estimate of drug-likeness (QED) is 0.172. The normalized spacial score (nSPS) is 16.3. The minimum absolute atomic E-state index is 0. The summed E-state index contributed by atoms with van der Waals surface area (Å²) in [6, 6.07) is 0. The van der Waals surface area contributed by atoms with Crippen molar-refractivity contribution in [3.63, 3.8) is 0 Å². The molecule has 0 bridgehead atoms. The van der Waals surface area contributed by atoms with Crippen LogP contribution in [-0.2, 0) is 19.6 Å². The number of hydrogen-bond acceptors (Lipinski definition) is 5. The maximum absolute atomic E-state index is 11.8. The number of hydrogen-bond donors (Lipinski definition) is 2. The van der Waals surface area contributed by atoms with E-state index in [0.717, 1.165) is 44.7 Å². The van der Waals surface area contributed by atoms with Gasteiger partial charge in [-0.3, -0.25) is 9.79 Å². The third kappa shape index (κ3) is 10.2. The summed E-state index contributed by atoms with van der Waals surface area (Å²) in [5.74, 6) is 0.688. The van der Waals surface area contributed by atoms with Gasteiger partial charge in [0.25, 0.3) is 0 Å². The van der Waals surface area contributed by atoms with Gasteiger partial charge in [0.1, 0.15) is 0 Å². The number of likely N-dealkylation sites (tertiary alicyclic amines) is 1. The van der Waals surface area contributed by atoms with Crippen molar-refractivity contribution < 1.29 is 17.9 Å². The molecule has 1 fully saturated rings. The minimum atomic E-state index is -3.14. The van der Waals surface area contributed by atoms with E-state index in [-0.39, 0.29) is 35.9 Å². The fourth-order valence-electron chi connectivity index (χ4n) is 2.53. The van der Waals surface area contributed by atoms with E-state index in [1.165, 1.54) is 0 Å². The predicted molar refractivity (Wildman–Crippen MR) is 110 cm³/mol. The average molecular weight is 490 g/mol. The molecule has 2 N–H and O–H groups in total. The first kappa shape index (κ1) is 24.4. The number of esters is 1. The molecule has 25 heavy (non-hydrogen) atoms. The molecule has 148 valence electrons. The number of aliphatic imine (C=N–C) groups is 1. The van der Waals surface area contributed by atoms with E-state index < -0.39 is 10.0 Å². The van der Waals surface area contributed by atoms with Gasteiger partial charge in [0, 0.05) is 32.7 Å². The fourth-order valence-corrected chi connectivity index (χ4v) is 3.05. The second-order valence-electron chi connectivity index (χ2n) is 5.77. The van der Waals surface area contributed by atoms with Gasteiger partial charge in [-0.25, -0.2) is 13.1 Å². The van der Waals surface area contributed by atoms with Crippen LogP contribution in [0.4, 0.5) is 0 Å². The third-order valence-electron chi connectivity index (χ3n) is 3.71. The molecule has 0 unspecified atom stereocenters. The van der Waals surface area contributed by atoms with Crippen LogP contribution < -0.4 is 10.0 Å². The first-order valence-electron chi connectivity index (χ1n) is 8.52. The number of carbonyl (C=O) groups is 1. The Bertz CT molecular complexity index is 520. The van der Waals surface area contributed by atoms with E-state index in [1.54, 1.807) is 0 Å². The van der Waals surface area contributed by atoms with Crippen molar-refractivity contribution >= 4 is 45.9 Å². The summed E-state index contributed by atoms with van der Waals surface area (Å²) in [7, 11) is -3.14. The van der Waals surface area contributed by atoms with Crippen LogP contribution >= 0.6 is 24.0 Å². The van der Waals surface area contributed by atoms with E-state index in [9.17, 15) is 13.2 Å². The van der Waals surface area contributed by atoms with E-state index >= 15 is 0 Å². The van der Waals surface area contributed by atoms with Gasteiger partial charge in [0.15, 0.2) is 5.96 Å². The largest absolute Gasteiger partial charge is 0.466 e. The average Bonchev–Trinajstić information content (AvgIpc) is 2.53. The lowest BCUT2D eigenvalue weighted by Crippen LogP contribution is -2.46. The maximum Gasteiger partial charge on any atom is 0.309 e. The summed E-state index contributed by atoms with van der Waals surface area (Å²) < 4.78 is 29.5. The summed E-state index contributed by atoms with van der Waals surface area (Å²) in [5.41, 5.74) is 0. The van der Waals surface area contributed by atoms with E-state index in [1.807, 2.05) is 13.8 Å². The van der Waals surface area contributed by atoms with Crippen molar-refractivity contribution in [1.82, 2.24) is 14.9 Å². The van der Waals surface area contributed by atoms with Crippen LogP contribution in [0.15, 0.2) is 4.99 Å². The number of piperidine rings is 1. The number of ether oxygens (including phenoxy) is 1. The first-order chi connectivity index (χ1) is 11.4. The Kier molecular flexibility index (Phi) is 12.4. The molecule has 0 aliphatic carbocycles. The molecule has 1 saturated heterocycles. The molecule has 1 aliphatic rings. The molecule has 8 nitrogen and oxygen atoms in total. The fraction of sp³-hybridized carbons (Fsp3) is 0.867. The van der Waals surface area contributed by atoms with Gasteiger partial charge in [0.2, 0.25) is 10.0 Å². The second kappa shape index (κ2) is 12.7. The Morgan fingerprint density at radius 3 is 2.44 bits per heavy atom. The van der Waals surface area contributed by atoms with Gasteiger partial charge < -0.3 is 15.0 Å². The molecule has 1 heterocycles. The number of nitrogens with zero attached hydrogens (tertiary/aromatic N) is 2.